The van der Waals surface area contributed by atoms with Crippen molar-refractivity contribution >= 4 is 8.53 Å². The second-order valence-corrected chi connectivity index (χ2v) is 3.20. The molecule has 1 rings (SSSR count). The van der Waals surface area contributed by atoms with Gasteiger partial charge in [-0.3, -0.25) is 6.08 Å². The smallest absolute Gasteiger partial charge is 0.109 e. The molecule has 1 aliphatic rings. The van der Waals surface area contributed by atoms with E-state index in [-0.39, 0.29) is 7.43 Å². The summed E-state index contributed by atoms with van der Waals surface area (Å²) in [6.45, 7) is 0. The van der Waals surface area contributed by atoms with Crippen molar-refractivity contribution < 1.29 is 27.2 Å². The molecule has 1 aliphatic carbocycles. The van der Waals surface area contributed by atoms with Gasteiger partial charge in [-0.1, -0.05) is 0 Å². The molecule has 0 saturated heterocycles. The van der Waals surface area contributed by atoms with Crippen LogP contribution in [0.1, 0.15) is 6.42 Å². The van der Waals surface area contributed by atoms with Gasteiger partial charge in [0.1, 0.15) is 0 Å². The van der Waals surface area contributed by atoms with E-state index in [9.17, 15) is 0 Å². The molecule has 0 saturated carbocycles. The van der Waals surface area contributed by atoms with E-state index in [1.54, 1.807) is 0 Å². The number of hydrogen-bond donors (Lipinski definition) is 0. The van der Waals surface area contributed by atoms with Gasteiger partial charge in [-0.15, -0.1) is 6.42 Å². The van der Waals surface area contributed by atoms with Crippen molar-refractivity contribution in [3.63, 3.8) is 0 Å². The normalized spacial score (nSPS) is 8.62. The van der Waals surface area contributed by atoms with Gasteiger partial charge in [-0.25, -0.2) is 12.2 Å². The predicted molar refractivity (Wildman–Crippen MR) is 46.1 cm³/mol. The van der Waals surface area contributed by atoms with Crippen LogP contribution in [0.5, 0.6) is 0 Å². The van der Waals surface area contributed by atoms with Crippen LogP contribution in [0.15, 0.2) is 18.2 Å². The molecule has 5 heteroatoms. The first kappa shape index (κ1) is 17.9. The van der Waals surface area contributed by atoms with Gasteiger partial charge < -0.3 is 17.9 Å². The van der Waals surface area contributed by atoms with E-state index in [1.807, 2.05) is 12.2 Å². The third-order valence-electron chi connectivity index (χ3n) is 0.669. The largest absolute Gasteiger partial charge is 0.577 e. The minimum atomic E-state index is -1.37. The van der Waals surface area contributed by atoms with Crippen LogP contribution >= 0.6 is 0 Å². The Labute approximate surface area is 84.7 Å². The number of nitroso groups, excluding NO2 is 1. The van der Waals surface area contributed by atoms with Crippen LogP contribution in [0.2, 0.25) is 0 Å². The second-order valence-electron chi connectivity index (χ2n) is 1.27. The van der Waals surface area contributed by atoms with Crippen molar-refractivity contribution in [1.29, 1.82) is 0 Å². The molecule has 0 heterocycles. The fourth-order valence-electron chi connectivity index (χ4n) is 0.357. The topological polar surface area (TPSA) is 73.5 Å². The van der Waals surface area contributed by atoms with Crippen molar-refractivity contribution in [2.45, 2.75) is 6.42 Å². The molecule has 0 amide bonds. The van der Waals surface area contributed by atoms with Gasteiger partial charge in [-0.05, 0) is 0 Å². The van der Waals surface area contributed by atoms with Gasteiger partial charge in [0.05, 0.1) is 0 Å². The fourth-order valence-corrected chi connectivity index (χ4v) is 0.479. The molecule has 0 atom stereocenters. The molecular formula is C8H8NO3W-3. The van der Waals surface area contributed by atoms with E-state index < -0.39 is 17.6 Å². The third kappa shape index (κ3) is 24.8. The quantitative estimate of drug-likeness (QED) is 0.618. The van der Waals surface area contributed by atoms with E-state index in [0.29, 0.717) is 0 Å². The number of hydrogen-bond acceptors (Lipinski definition) is 3. The van der Waals surface area contributed by atoms with Crippen LogP contribution in [0.25, 0.3) is 5.59 Å². The van der Waals surface area contributed by atoms with Crippen LogP contribution in [-0.4, -0.2) is 8.53 Å². The Morgan fingerprint density at radius 2 is 1.85 bits per heavy atom. The van der Waals surface area contributed by atoms with Gasteiger partial charge in [0.25, 0.3) is 0 Å². The summed E-state index contributed by atoms with van der Waals surface area (Å²) < 4.78 is 3.02. The van der Waals surface area contributed by atoms with Gasteiger partial charge in [-0.2, -0.15) is 6.08 Å². The van der Waals surface area contributed by atoms with Crippen LogP contribution in [-0.2, 0) is 27.2 Å². The second kappa shape index (κ2) is 22.4. The number of allylic oxidation sites excluding steroid dienone is 4. The molecule has 0 bridgehead atoms. The summed E-state index contributed by atoms with van der Waals surface area (Å²) >= 11 is -1.37. The Bertz CT molecular complexity index is 235. The van der Waals surface area contributed by atoms with Crippen LogP contribution in [0, 0.1) is 18.4 Å². The van der Waals surface area contributed by atoms with Crippen molar-refractivity contribution in [2.24, 2.45) is 0 Å². The zero-order valence-electron chi connectivity index (χ0n) is 7.02. The summed E-state index contributed by atoms with van der Waals surface area (Å²) in [4.78, 5) is 25.4. The molecule has 72 valence electrons. The van der Waals surface area contributed by atoms with Crippen LogP contribution in [0.4, 0.5) is 0 Å². The summed E-state index contributed by atoms with van der Waals surface area (Å²) in [5.74, 6) is 0. The Morgan fingerprint density at radius 3 is 1.92 bits per heavy atom. The monoisotopic (exact) mass is 350 g/mol. The SMILES string of the molecule is O=[C]=[W]=[C]=O.[C-]1=CC=CC1.[CH3-].[N-]=O. The maximum absolute atomic E-state index is 9.09. The van der Waals surface area contributed by atoms with Crippen molar-refractivity contribution in [3.8, 4) is 0 Å². The summed E-state index contributed by atoms with van der Waals surface area (Å²) in [6.07, 6.45) is 10.0. The van der Waals surface area contributed by atoms with E-state index in [2.05, 4.69) is 12.2 Å². The van der Waals surface area contributed by atoms with Gasteiger partial charge in [0.2, 0.25) is 0 Å². The molecule has 4 nitrogen and oxygen atoms in total. The molecule has 13 heavy (non-hydrogen) atoms. The minimum Gasteiger partial charge on any atom is -0.577 e. The predicted octanol–water partition coefficient (Wildman–Crippen LogP) is 1.28. The molecule has 0 fully saturated rings. The molecule has 0 N–H and O–H groups in total. The average molecular weight is 350 g/mol. The van der Waals surface area contributed by atoms with Gasteiger partial charge >= 0.3 is 35.8 Å². The molecule has 0 spiro atoms. The Balaban J connectivity index is -0.000000122. The van der Waals surface area contributed by atoms with E-state index in [0.717, 1.165) is 6.42 Å². The Morgan fingerprint density at radius 1 is 1.31 bits per heavy atom. The Hall–Kier alpha value is -1.07. The van der Waals surface area contributed by atoms with Crippen molar-refractivity contribution in [2.75, 3.05) is 0 Å². The van der Waals surface area contributed by atoms with Gasteiger partial charge in [0.15, 0.2) is 0 Å². The average Bonchev–Trinajstić information content (AvgIpc) is 2.67. The zero-order valence-corrected chi connectivity index (χ0v) is 9.95. The van der Waals surface area contributed by atoms with Crippen molar-refractivity contribution in [1.82, 2.24) is 0 Å². The maximum atomic E-state index is 9.09. The molecule has 0 radical (unpaired) electrons. The number of carbonyl (C=O) groups excluding carboxylic acids is 2. The van der Waals surface area contributed by atoms with E-state index in [1.165, 1.54) is 8.53 Å². The maximum Gasteiger partial charge on any atom is -0.109 e. The number of nitrogens with zero attached hydrogens (tertiary/aromatic N) is 1. The number of rotatable bonds is 0. The first-order chi connectivity index (χ1) is 5.91. The van der Waals surface area contributed by atoms with Gasteiger partial charge in [0, 0.05) is 0 Å². The van der Waals surface area contributed by atoms with Crippen LogP contribution < -0.4 is 0 Å². The summed E-state index contributed by atoms with van der Waals surface area (Å²) in [6, 6.07) is 0. The molecule has 0 aliphatic heterocycles. The molecule has 0 aromatic rings. The molecular weight excluding hydrogens is 342 g/mol. The third-order valence-corrected chi connectivity index (χ3v) is 1.27. The van der Waals surface area contributed by atoms with Crippen molar-refractivity contribution in [3.05, 3.63) is 42.2 Å². The zero-order chi connectivity index (χ0) is 9.66. The summed E-state index contributed by atoms with van der Waals surface area (Å²) in [5, 5.41) is 0. The first-order valence-corrected chi connectivity index (χ1v) is 5.65. The fraction of sp³-hybridized carbons (Fsp3) is 0.125. The Kier molecular flexibility index (Phi) is 30.8. The van der Waals surface area contributed by atoms with Crippen LogP contribution in [0.3, 0.4) is 0 Å². The molecule has 0 aromatic carbocycles. The standard InChI is InChI=1S/C5H5.2CO.CH3.NO.W/c1-2-4-5-3-1;2*1-2;;1-2;/h1-3H,4H2;;;1H3;;/q-1;;;2*-1;. The summed E-state index contributed by atoms with van der Waals surface area (Å²) in [7, 11) is 0. The van der Waals surface area contributed by atoms with E-state index in [4.69, 9.17) is 20.1 Å². The first-order valence-electron chi connectivity index (χ1n) is 2.72. The minimum absolute atomic E-state index is 0. The van der Waals surface area contributed by atoms with E-state index >= 15 is 0 Å². The summed E-state index contributed by atoms with van der Waals surface area (Å²) in [5.41, 5.74) is 5.75. The molecule has 0 unspecified atom stereocenters. The molecule has 0 aromatic heterocycles.